The van der Waals surface area contributed by atoms with Crippen molar-refractivity contribution in [3.8, 4) is 0 Å². The monoisotopic (exact) mass is 359 g/mol. The topological polar surface area (TPSA) is 63.4 Å². The Morgan fingerprint density at radius 2 is 1.77 bits per heavy atom. The summed E-state index contributed by atoms with van der Waals surface area (Å²) < 4.78 is 16.0. The van der Waals surface area contributed by atoms with Gasteiger partial charge in [-0.05, 0) is 37.1 Å². The number of halogens is 1. The van der Waals surface area contributed by atoms with Gasteiger partial charge in [0, 0.05) is 44.8 Å². The van der Waals surface area contributed by atoms with Crippen LogP contribution in [-0.4, -0.2) is 51.3 Å². The van der Waals surface area contributed by atoms with Gasteiger partial charge in [0.05, 0.1) is 0 Å². The van der Waals surface area contributed by atoms with Crippen LogP contribution in [0.1, 0.15) is 18.7 Å². The van der Waals surface area contributed by atoms with Crippen LogP contribution in [0.3, 0.4) is 0 Å². The lowest BCUT2D eigenvalue weighted by molar-refractivity contribution is -0.132. The average Bonchev–Trinajstić information content (AvgIpc) is 2.98. The minimum Gasteiger partial charge on any atom is -0.368 e. The van der Waals surface area contributed by atoms with Gasteiger partial charge in [-0.1, -0.05) is 0 Å². The zero-order valence-electron chi connectivity index (χ0n) is 14.6. The van der Waals surface area contributed by atoms with E-state index in [2.05, 4.69) is 10.00 Å². The number of fused-ring (bicyclic) bond motifs is 1. The molecule has 2 aliphatic rings. The largest absolute Gasteiger partial charge is 0.368 e. The molecular formula is C18H22FN5O2. The van der Waals surface area contributed by atoms with Crippen LogP contribution in [0.5, 0.6) is 0 Å². The third-order valence-corrected chi connectivity index (χ3v) is 5.14. The van der Waals surface area contributed by atoms with E-state index in [1.165, 1.54) is 16.8 Å². The highest BCUT2D eigenvalue weighted by molar-refractivity contribution is 5.76. The molecule has 26 heavy (non-hydrogen) atoms. The van der Waals surface area contributed by atoms with Crippen molar-refractivity contribution in [1.82, 2.24) is 19.2 Å². The van der Waals surface area contributed by atoms with Crippen LogP contribution in [0.2, 0.25) is 0 Å². The van der Waals surface area contributed by atoms with Crippen LogP contribution >= 0.6 is 0 Å². The molecule has 0 aliphatic carbocycles. The van der Waals surface area contributed by atoms with E-state index in [0.29, 0.717) is 32.7 Å². The minimum absolute atomic E-state index is 0.00458. The van der Waals surface area contributed by atoms with Crippen LogP contribution in [0.15, 0.2) is 29.1 Å². The second kappa shape index (κ2) is 6.93. The molecule has 0 unspecified atom stereocenters. The molecule has 0 atom stereocenters. The number of carbonyl (C=O) groups is 1. The standard InChI is InChI=1S/C18H22FN5O2/c19-14-4-6-15(7-5-14)21-9-11-22(12-10-21)17(25)13-24-18(26)23-8-2-1-3-16(23)20-24/h4-7H,1-3,8-13H2. The van der Waals surface area contributed by atoms with Gasteiger partial charge in [-0.2, -0.15) is 5.10 Å². The maximum atomic E-state index is 13.0. The average molecular weight is 359 g/mol. The molecule has 1 fully saturated rings. The Bertz CT molecular complexity index is 849. The molecule has 1 amide bonds. The molecule has 2 aliphatic heterocycles. The summed E-state index contributed by atoms with van der Waals surface area (Å²) in [4.78, 5) is 28.8. The maximum Gasteiger partial charge on any atom is 0.346 e. The van der Waals surface area contributed by atoms with Gasteiger partial charge in [0.1, 0.15) is 18.2 Å². The molecule has 0 bridgehead atoms. The Morgan fingerprint density at radius 1 is 1.04 bits per heavy atom. The van der Waals surface area contributed by atoms with Crippen molar-refractivity contribution < 1.29 is 9.18 Å². The smallest absolute Gasteiger partial charge is 0.346 e. The van der Waals surface area contributed by atoms with Crippen molar-refractivity contribution in [1.29, 1.82) is 0 Å². The Balaban J connectivity index is 1.37. The second-order valence-corrected chi connectivity index (χ2v) is 6.81. The lowest BCUT2D eigenvalue weighted by Gasteiger charge is -2.36. The van der Waals surface area contributed by atoms with E-state index in [9.17, 15) is 14.0 Å². The number of hydrogen-bond acceptors (Lipinski definition) is 4. The third-order valence-electron chi connectivity index (χ3n) is 5.14. The molecule has 4 rings (SSSR count). The van der Waals surface area contributed by atoms with Crippen LogP contribution in [-0.2, 0) is 24.3 Å². The van der Waals surface area contributed by atoms with Gasteiger partial charge in [0.25, 0.3) is 0 Å². The van der Waals surface area contributed by atoms with Gasteiger partial charge in [-0.15, -0.1) is 0 Å². The van der Waals surface area contributed by atoms with E-state index in [4.69, 9.17) is 0 Å². The molecule has 1 saturated heterocycles. The summed E-state index contributed by atoms with van der Waals surface area (Å²) in [7, 11) is 0. The normalized spacial score (nSPS) is 17.3. The maximum absolute atomic E-state index is 13.0. The first kappa shape index (κ1) is 16.8. The van der Waals surface area contributed by atoms with E-state index in [-0.39, 0.29) is 24.0 Å². The summed E-state index contributed by atoms with van der Waals surface area (Å²) in [6, 6.07) is 6.39. The minimum atomic E-state index is -0.254. The molecule has 8 heteroatoms. The Labute approximate surface area is 150 Å². The zero-order chi connectivity index (χ0) is 18.1. The number of carbonyl (C=O) groups excluding carboxylic acids is 1. The van der Waals surface area contributed by atoms with Crippen LogP contribution < -0.4 is 10.6 Å². The van der Waals surface area contributed by atoms with Gasteiger partial charge in [-0.25, -0.2) is 13.9 Å². The number of aromatic nitrogens is 3. The second-order valence-electron chi connectivity index (χ2n) is 6.81. The van der Waals surface area contributed by atoms with Crippen molar-refractivity contribution in [2.75, 3.05) is 31.1 Å². The summed E-state index contributed by atoms with van der Waals surface area (Å²) in [5.41, 5.74) is 0.773. The highest BCUT2D eigenvalue weighted by Gasteiger charge is 2.24. The number of benzene rings is 1. The van der Waals surface area contributed by atoms with Gasteiger partial charge in [0.2, 0.25) is 5.91 Å². The van der Waals surface area contributed by atoms with Crippen molar-refractivity contribution in [3.05, 3.63) is 46.4 Å². The molecule has 1 aromatic heterocycles. The number of piperazine rings is 1. The predicted molar refractivity (Wildman–Crippen MR) is 94.6 cm³/mol. The zero-order valence-corrected chi connectivity index (χ0v) is 14.6. The van der Waals surface area contributed by atoms with Crippen molar-refractivity contribution >= 4 is 11.6 Å². The summed E-state index contributed by atoms with van der Waals surface area (Å²) in [6.45, 7) is 3.23. The van der Waals surface area contributed by atoms with E-state index in [1.54, 1.807) is 21.6 Å². The fraction of sp³-hybridized carbons (Fsp3) is 0.500. The molecule has 2 aromatic rings. The first-order chi connectivity index (χ1) is 12.6. The van der Waals surface area contributed by atoms with Gasteiger partial charge in [-0.3, -0.25) is 9.36 Å². The summed E-state index contributed by atoms with van der Waals surface area (Å²) >= 11 is 0. The molecule has 3 heterocycles. The van der Waals surface area contributed by atoms with Crippen molar-refractivity contribution in [3.63, 3.8) is 0 Å². The predicted octanol–water partition coefficient (Wildman–Crippen LogP) is 0.869. The number of aryl methyl sites for hydroxylation is 1. The number of hydrogen-bond donors (Lipinski definition) is 0. The van der Waals surface area contributed by atoms with E-state index in [1.807, 2.05) is 0 Å². The first-order valence-electron chi connectivity index (χ1n) is 9.06. The highest BCUT2D eigenvalue weighted by atomic mass is 19.1. The van der Waals surface area contributed by atoms with E-state index < -0.39 is 0 Å². The Hall–Kier alpha value is -2.64. The summed E-state index contributed by atoms with van der Waals surface area (Å²) in [5, 5.41) is 4.33. The molecule has 7 nitrogen and oxygen atoms in total. The van der Waals surface area contributed by atoms with Gasteiger partial charge < -0.3 is 9.80 Å². The van der Waals surface area contributed by atoms with E-state index >= 15 is 0 Å². The number of amides is 1. The van der Waals surface area contributed by atoms with E-state index in [0.717, 1.165) is 30.8 Å². The molecule has 0 spiro atoms. The van der Waals surface area contributed by atoms with Crippen LogP contribution in [0.25, 0.3) is 0 Å². The van der Waals surface area contributed by atoms with Crippen molar-refractivity contribution in [2.45, 2.75) is 32.4 Å². The lowest BCUT2D eigenvalue weighted by Crippen LogP contribution is -2.50. The Kier molecular flexibility index (Phi) is 4.48. The van der Waals surface area contributed by atoms with Crippen LogP contribution in [0, 0.1) is 5.82 Å². The number of rotatable bonds is 3. The fourth-order valence-corrected chi connectivity index (χ4v) is 3.65. The fourth-order valence-electron chi connectivity index (χ4n) is 3.65. The van der Waals surface area contributed by atoms with Gasteiger partial charge >= 0.3 is 5.69 Å². The summed E-state index contributed by atoms with van der Waals surface area (Å²) in [6.07, 6.45) is 2.82. The molecule has 0 saturated carbocycles. The number of anilines is 1. The SMILES string of the molecule is O=C(Cn1nc2n(c1=O)CCCC2)N1CCN(c2ccc(F)cc2)CC1. The molecule has 0 N–H and O–H groups in total. The Morgan fingerprint density at radius 3 is 2.46 bits per heavy atom. The number of nitrogens with zero attached hydrogens (tertiary/aromatic N) is 5. The van der Waals surface area contributed by atoms with Gasteiger partial charge in [0.15, 0.2) is 0 Å². The third kappa shape index (κ3) is 3.23. The molecule has 138 valence electrons. The molecule has 1 aromatic carbocycles. The summed E-state index contributed by atoms with van der Waals surface area (Å²) in [5.74, 6) is 0.451. The lowest BCUT2D eigenvalue weighted by atomic mass is 10.2. The quantitative estimate of drug-likeness (QED) is 0.816. The molecule has 0 radical (unpaired) electrons. The highest BCUT2D eigenvalue weighted by Crippen LogP contribution is 2.17. The molecular weight excluding hydrogens is 337 g/mol. The van der Waals surface area contributed by atoms with Crippen LogP contribution in [0.4, 0.5) is 10.1 Å². The van der Waals surface area contributed by atoms with Crippen molar-refractivity contribution in [2.24, 2.45) is 0 Å². The first-order valence-corrected chi connectivity index (χ1v) is 9.06.